The summed E-state index contributed by atoms with van der Waals surface area (Å²) in [6.07, 6.45) is 2.86. The lowest BCUT2D eigenvalue weighted by molar-refractivity contribution is 0.158. The smallest absolute Gasteiger partial charge is 0.228 e. The number of hydrogen-bond donors (Lipinski definition) is 4. The van der Waals surface area contributed by atoms with Crippen LogP contribution in [0.3, 0.4) is 0 Å². The van der Waals surface area contributed by atoms with Crippen molar-refractivity contribution < 1.29 is 9.13 Å². The van der Waals surface area contributed by atoms with Gasteiger partial charge in [-0.05, 0) is 44.4 Å². The molecule has 0 unspecified atom stereocenters. The first-order valence-corrected chi connectivity index (χ1v) is 11.4. The van der Waals surface area contributed by atoms with Gasteiger partial charge in [-0.15, -0.1) is 0 Å². The molecular formula is C23H32FN7O. The van der Waals surface area contributed by atoms with Gasteiger partial charge >= 0.3 is 0 Å². The third kappa shape index (κ3) is 5.16. The van der Waals surface area contributed by atoms with Gasteiger partial charge in [-0.1, -0.05) is 13.0 Å². The molecule has 1 aliphatic carbocycles. The Morgan fingerprint density at radius 2 is 2.16 bits per heavy atom. The molecule has 8 nitrogen and oxygen atoms in total. The van der Waals surface area contributed by atoms with E-state index in [-0.39, 0.29) is 11.4 Å². The van der Waals surface area contributed by atoms with E-state index in [1.54, 1.807) is 12.1 Å². The van der Waals surface area contributed by atoms with Crippen LogP contribution in [-0.2, 0) is 4.74 Å². The number of aromatic nitrogens is 2. The molecule has 1 aromatic carbocycles. The number of anilines is 4. The lowest BCUT2D eigenvalue weighted by atomic mass is 10.1. The molecule has 1 saturated carbocycles. The molecule has 32 heavy (non-hydrogen) atoms. The van der Waals surface area contributed by atoms with Crippen molar-refractivity contribution in [1.29, 1.82) is 5.41 Å². The monoisotopic (exact) mass is 441 g/mol. The molecule has 2 heterocycles. The minimum absolute atomic E-state index is 0.171. The second-order valence-corrected chi connectivity index (χ2v) is 8.32. The van der Waals surface area contributed by atoms with Crippen LogP contribution in [0.15, 0.2) is 24.3 Å². The summed E-state index contributed by atoms with van der Waals surface area (Å²) >= 11 is 0. The number of ether oxygens (including phenoxy) is 1. The lowest BCUT2D eigenvalue weighted by Crippen LogP contribution is -2.53. The van der Waals surface area contributed by atoms with Crippen LogP contribution in [0.1, 0.15) is 38.8 Å². The van der Waals surface area contributed by atoms with Crippen molar-refractivity contribution in [3.05, 3.63) is 35.8 Å². The first-order chi connectivity index (χ1) is 15.5. The first kappa shape index (κ1) is 22.4. The minimum Gasteiger partial charge on any atom is -0.380 e. The Morgan fingerprint density at radius 3 is 2.88 bits per heavy atom. The third-order valence-corrected chi connectivity index (χ3v) is 5.89. The molecule has 0 atom stereocenters. The number of rotatable bonds is 10. The van der Waals surface area contributed by atoms with Crippen LogP contribution in [0.2, 0.25) is 0 Å². The average Bonchev–Trinajstić information content (AvgIpc) is 3.54. The van der Waals surface area contributed by atoms with Crippen LogP contribution < -0.4 is 20.9 Å². The predicted molar refractivity (Wildman–Crippen MR) is 126 cm³/mol. The molecular weight excluding hydrogens is 409 g/mol. The SMILES string of the molecule is CCOCCNc1c(Nc2cccc(F)c2)nc(N2CCNC3(CC3)C2)nc1C(=N)CC. The molecule has 0 bridgehead atoms. The van der Waals surface area contributed by atoms with Crippen LogP contribution >= 0.6 is 0 Å². The zero-order chi connectivity index (χ0) is 22.6. The summed E-state index contributed by atoms with van der Waals surface area (Å²) in [4.78, 5) is 11.9. The molecule has 1 spiro atoms. The number of hydrogen-bond acceptors (Lipinski definition) is 8. The maximum atomic E-state index is 13.8. The number of benzene rings is 1. The van der Waals surface area contributed by atoms with Crippen LogP contribution in [-0.4, -0.2) is 60.6 Å². The summed E-state index contributed by atoms with van der Waals surface area (Å²) < 4.78 is 19.3. The van der Waals surface area contributed by atoms with Crippen LogP contribution in [0.5, 0.6) is 0 Å². The van der Waals surface area contributed by atoms with E-state index < -0.39 is 0 Å². The number of nitrogens with one attached hydrogen (secondary N) is 4. The van der Waals surface area contributed by atoms with Gasteiger partial charge in [0.25, 0.3) is 0 Å². The van der Waals surface area contributed by atoms with Crippen molar-refractivity contribution in [2.45, 2.75) is 38.6 Å². The van der Waals surface area contributed by atoms with E-state index in [0.29, 0.717) is 60.7 Å². The van der Waals surface area contributed by atoms with E-state index >= 15 is 0 Å². The quantitative estimate of drug-likeness (QED) is 0.331. The number of nitrogens with zero attached hydrogens (tertiary/aromatic N) is 3. The summed E-state index contributed by atoms with van der Waals surface area (Å²) in [5.74, 6) is 0.809. The Bertz CT molecular complexity index is 963. The third-order valence-electron chi connectivity index (χ3n) is 5.89. The van der Waals surface area contributed by atoms with Crippen LogP contribution in [0.4, 0.5) is 27.5 Å². The average molecular weight is 442 g/mol. The molecule has 1 aromatic heterocycles. The van der Waals surface area contributed by atoms with Crippen molar-refractivity contribution in [2.75, 3.05) is 54.9 Å². The molecule has 172 valence electrons. The summed E-state index contributed by atoms with van der Waals surface area (Å²) in [7, 11) is 0. The van der Waals surface area contributed by atoms with Gasteiger partial charge in [0.2, 0.25) is 5.95 Å². The lowest BCUT2D eigenvalue weighted by Gasteiger charge is -2.34. The summed E-state index contributed by atoms with van der Waals surface area (Å²) in [6.45, 7) is 8.13. The van der Waals surface area contributed by atoms with Gasteiger partial charge in [0.05, 0.1) is 12.3 Å². The van der Waals surface area contributed by atoms with Gasteiger partial charge in [0.15, 0.2) is 5.82 Å². The normalized spacial score (nSPS) is 16.8. The summed E-state index contributed by atoms with van der Waals surface area (Å²) in [6, 6.07) is 6.29. The van der Waals surface area contributed by atoms with Crippen molar-refractivity contribution >= 4 is 28.9 Å². The Hall–Kier alpha value is -2.78. The Labute approximate surface area is 188 Å². The van der Waals surface area contributed by atoms with Gasteiger partial charge in [-0.25, -0.2) is 9.37 Å². The molecule has 0 amide bonds. The van der Waals surface area contributed by atoms with Crippen molar-refractivity contribution in [3.8, 4) is 0 Å². The van der Waals surface area contributed by atoms with E-state index in [4.69, 9.17) is 20.1 Å². The highest BCUT2D eigenvalue weighted by atomic mass is 19.1. The molecule has 0 radical (unpaired) electrons. The fourth-order valence-corrected chi connectivity index (χ4v) is 3.94. The standard InChI is InChI=1S/C23H32FN7O/c1-3-18(25)19-20(26-11-13-32-4-2)21(28-17-7-5-6-16(24)14-17)30-22(29-19)31-12-10-27-23(15-31)8-9-23/h5-7,14,25-27H,3-4,8-13,15H2,1-2H3,(H,28,29,30). The van der Waals surface area contributed by atoms with Crippen LogP contribution in [0, 0.1) is 11.2 Å². The fourth-order valence-electron chi connectivity index (χ4n) is 3.94. The molecule has 2 aromatic rings. The molecule has 2 aliphatic rings. The first-order valence-electron chi connectivity index (χ1n) is 11.4. The molecule has 1 aliphatic heterocycles. The Morgan fingerprint density at radius 1 is 1.31 bits per heavy atom. The highest BCUT2D eigenvalue weighted by Gasteiger charge is 2.46. The van der Waals surface area contributed by atoms with E-state index in [1.165, 1.54) is 12.1 Å². The highest BCUT2D eigenvalue weighted by Crippen LogP contribution is 2.39. The topological polar surface area (TPSA) is 98.2 Å². The largest absolute Gasteiger partial charge is 0.380 e. The maximum absolute atomic E-state index is 13.8. The van der Waals surface area contributed by atoms with Crippen molar-refractivity contribution in [1.82, 2.24) is 15.3 Å². The molecule has 2 fully saturated rings. The van der Waals surface area contributed by atoms with Gasteiger partial charge in [0.1, 0.15) is 17.2 Å². The minimum atomic E-state index is -0.325. The zero-order valence-electron chi connectivity index (χ0n) is 18.8. The maximum Gasteiger partial charge on any atom is 0.228 e. The Kier molecular flexibility index (Phi) is 6.86. The van der Waals surface area contributed by atoms with Gasteiger partial charge < -0.3 is 31.0 Å². The van der Waals surface area contributed by atoms with E-state index in [1.807, 2.05) is 13.8 Å². The van der Waals surface area contributed by atoms with Crippen molar-refractivity contribution in [3.63, 3.8) is 0 Å². The Balaban J connectivity index is 1.71. The van der Waals surface area contributed by atoms with E-state index in [9.17, 15) is 4.39 Å². The highest BCUT2D eigenvalue weighted by molar-refractivity contribution is 6.03. The number of piperazine rings is 1. The van der Waals surface area contributed by atoms with Gasteiger partial charge in [-0.2, -0.15) is 4.98 Å². The molecule has 4 rings (SSSR count). The molecule has 1 saturated heterocycles. The molecule has 4 N–H and O–H groups in total. The molecule has 9 heteroatoms. The van der Waals surface area contributed by atoms with Crippen LogP contribution in [0.25, 0.3) is 0 Å². The van der Waals surface area contributed by atoms with Gasteiger partial charge in [-0.3, -0.25) is 0 Å². The number of halogens is 1. The summed E-state index contributed by atoms with van der Waals surface area (Å²) in [5, 5.41) is 18.8. The van der Waals surface area contributed by atoms with Crippen molar-refractivity contribution in [2.24, 2.45) is 0 Å². The summed E-state index contributed by atoms with van der Waals surface area (Å²) in [5.41, 5.74) is 2.39. The van der Waals surface area contributed by atoms with E-state index in [2.05, 4.69) is 20.9 Å². The van der Waals surface area contributed by atoms with E-state index in [0.717, 1.165) is 32.5 Å². The predicted octanol–water partition coefficient (Wildman–Crippen LogP) is 3.53. The second-order valence-electron chi connectivity index (χ2n) is 8.32. The van der Waals surface area contributed by atoms with Gasteiger partial charge in [0, 0.05) is 44.0 Å². The fraction of sp³-hybridized carbons (Fsp3) is 0.522. The second kappa shape index (κ2) is 9.79. The zero-order valence-corrected chi connectivity index (χ0v) is 18.8.